The smallest absolute Gasteiger partial charge is 0.180 e. The summed E-state index contributed by atoms with van der Waals surface area (Å²) in [4.78, 5) is 0.310. The Morgan fingerprint density at radius 2 is 2.05 bits per heavy atom. The van der Waals surface area contributed by atoms with Crippen LogP contribution in [0.2, 0.25) is 0 Å². The summed E-state index contributed by atoms with van der Waals surface area (Å²) in [6.45, 7) is 2.06. The van der Waals surface area contributed by atoms with E-state index in [0.717, 1.165) is 5.56 Å². The van der Waals surface area contributed by atoms with Gasteiger partial charge in [-0.15, -0.1) is 0 Å². The molecule has 108 valence electrons. The Hall–Kier alpha value is -2.02. The van der Waals surface area contributed by atoms with Gasteiger partial charge in [-0.2, -0.15) is 5.10 Å². The van der Waals surface area contributed by atoms with E-state index in [1.165, 1.54) is 0 Å². The van der Waals surface area contributed by atoms with Gasteiger partial charge in [0, 0.05) is 19.2 Å². The Balaban J connectivity index is 2.25. The van der Waals surface area contributed by atoms with E-state index in [-0.39, 0.29) is 5.75 Å². The lowest BCUT2D eigenvalue weighted by Gasteiger charge is -2.11. The maximum absolute atomic E-state index is 12.0. The number of aromatic nitrogens is 2. The number of hydrogen-bond acceptors (Lipinski definition) is 5. The number of benzene rings is 1. The highest BCUT2D eigenvalue weighted by Gasteiger charge is 2.16. The molecule has 0 aliphatic carbocycles. The van der Waals surface area contributed by atoms with Crippen LogP contribution in [0.1, 0.15) is 12.5 Å². The summed E-state index contributed by atoms with van der Waals surface area (Å²) in [5.74, 6) is 0.633. The van der Waals surface area contributed by atoms with Gasteiger partial charge in [-0.1, -0.05) is 19.1 Å². The predicted molar refractivity (Wildman–Crippen MR) is 79.1 cm³/mol. The molecule has 0 amide bonds. The summed E-state index contributed by atoms with van der Waals surface area (Å²) in [7, 11) is -1.49. The van der Waals surface area contributed by atoms with Crippen LogP contribution < -0.4 is 11.1 Å². The molecule has 0 aliphatic rings. The Morgan fingerprint density at radius 3 is 2.65 bits per heavy atom. The molecule has 0 saturated heterocycles. The highest BCUT2D eigenvalue weighted by molar-refractivity contribution is 7.91. The fraction of sp³-hybridized carbons (Fsp3) is 0.308. The number of nitrogens with two attached hydrogens (primary N) is 1. The van der Waals surface area contributed by atoms with Crippen LogP contribution in [0.15, 0.2) is 35.4 Å². The van der Waals surface area contributed by atoms with Crippen LogP contribution >= 0.6 is 0 Å². The highest BCUT2D eigenvalue weighted by Crippen LogP contribution is 2.23. The van der Waals surface area contributed by atoms with Crippen LogP contribution in [-0.2, 0) is 23.4 Å². The second-order valence-electron chi connectivity index (χ2n) is 4.43. The first kappa shape index (κ1) is 14.4. The summed E-state index contributed by atoms with van der Waals surface area (Å²) in [5, 5.41) is 7.16. The Labute approximate surface area is 118 Å². The number of nitrogens with zero attached hydrogens (tertiary/aromatic N) is 2. The molecule has 1 heterocycles. The Morgan fingerprint density at radius 1 is 1.35 bits per heavy atom. The maximum Gasteiger partial charge on any atom is 0.180 e. The van der Waals surface area contributed by atoms with Crippen LogP contribution in [-0.4, -0.2) is 24.0 Å². The minimum absolute atomic E-state index is 0.0702. The molecule has 1 aromatic heterocycles. The van der Waals surface area contributed by atoms with Crippen LogP contribution in [0, 0.1) is 0 Å². The number of nitrogens with one attached hydrogen (secondary N) is 1. The number of anilines is 2. The predicted octanol–water partition coefficient (Wildman–Crippen LogP) is 1.41. The SMILES string of the molecule is CCS(=O)(=O)c1ccccc1NCc1cnn(C)c1N. The Kier molecular flexibility index (Phi) is 3.99. The first-order valence-corrected chi connectivity index (χ1v) is 7.93. The van der Waals surface area contributed by atoms with E-state index >= 15 is 0 Å². The summed E-state index contributed by atoms with van der Waals surface area (Å²) < 4.78 is 25.6. The van der Waals surface area contributed by atoms with Crippen LogP contribution in [0.5, 0.6) is 0 Å². The van der Waals surface area contributed by atoms with Crippen molar-refractivity contribution in [2.24, 2.45) is 7.05 Å². The lowest BCUT2D eigenvalue weighted by molar-refractivity contribution is 0.597. The molecule has 3 N–H and O–H groups in total. The number of rotatable bonds is 5. The number of nitrogen functional groups attached to an aromatic ring is 1. The monoisotopic (exact) mass is 294 g/mol. The second kappa shape index (κ2) is 5.54. The van der Waals surface area contributed by atoms with Gasteiger partial charge in [0.1, 0.15) is 5.82 Å². The third-order valence-electron chi connectivity index (χ3n) is 3.14. The molecule has 0 unspecified atom stereocenters. The molecule has 0 radical (unpaired) electrons. The van der Waals surface area contributed by atoms with Gasteiger partial charge < -0.3 is 11.1 Å². The van der Waals surface area contributed by atoms with Crippen molar-refractivity contribution in [2.75, 3.05) is 16.8 Å². The third-order valence-corrected chi connectivity index (χ3v) is 4.92. The lowest BCUT2D eigenvalue weighted by Crippen LogP contribution is -2.09. The summed E-state index contributed by atoms with van der Waals surface area (Å²) in [5.41, 5.74) is 7.27. The molecule has 20 heavy (non-hydrogen) atoms. The van der Waals surface area contributed by atoms with E-state index in [4.69, 9.17) is 5.73 Å². The van der Waals surface area contributed by atoms with E-state index in [2.05, 4.69) is 10.4 Å². The van der Waals surface area contributed by atoms with Crippen molar-refractivity contribution >= 4 is 21.3 Å². The van der Waals surface area contributed by atoms with Crippen molar-refractivity contribution in [1.29, 1.82) is 0 Å². The van der Waals surface area contributed by atoms with Crippen molar-refractivity contribution in [3.63, 3.8) is 0 Å². The molecule has 2 aromatic rings. The summed E-state index contributed by atoms with van der Waals surface area (Å²) in [6, 6.07) is 6.86. The first-order valence-electron chi connectivity index (χ1n) is 6.27. The molecular formula is C13H18N4O2S. The number of para-hydroxylation sites is 1. The zero-order valence-corrected chi connectivity index (χ0v) is 12.3. The van der Waals surface area contributed by atoms with E-state index in [1.54, 1.807) is 49.1 Å². The molecular weight excluding hydrogens is 276 g/mol. The second-order valence-corrected chi connectivity index (χ2v) is 6.68. The van der Waals surface area contributed by atoms with Crippen molar-refractivity contribution in [3.8, 4) is 0 Å². The van der Waals surface area contributed by atoms with Crippen molar-refractivity contribution in [1.82, 2.24) is 9.78 Å². The average Bonchev–Trinajstić information content (AvgIpc) is 2.77. The van der Waals surface area contributed by atoms with Crippen molar-refractivity contribution < 1.29 is 8.42 Å². The van der Waals surface area contributed by atoms with Crippen molar-refractivity contribution in [3.05, 3.63) is 36.0 Å². The average molecular weight is 294 g/mol. The van der Waals surface area contributed by atoms with Crippen LogP contribution in [0.4, 0.5) is 11.5 Å². The van der Waals surface area contributed by atoms with E-state index in [0.29, 0.717) is 22.9 Å². The van der Waals surface area contributed by atoms with E-state index in [9.17, 15) is 8.42 Å². The summed E-state index contributed by atoms with van der Waals surface area (Å²) in [6.07, 6.45) is 1.67. The normalized spacial score (nSPS) is 11.5. The minimum atomic E-state index is -3.25. The number of hydrogen-bond donors (Lipinski definition) is 2. The van der Waals surface area contributed by atoms with Gasteiger partial charge in [0.25, 0.3) is 0 Å². The Bertz CT molecular complexity index is 707. The molecule has 2 rings (SSSR count). The van der Waals surface area contributed by atoms with Gasteiger partial charge in [0.2, 0.25) is 0 Å². The molecule has 6 nitrogen and oxygen atoms in total. The van der Waals surface area contributed by atoms with Gasteiger partial charge in [-0.25, -0.2) is 8.42 Å². The molecule has 0 saturated carbocycles. The van der Waals surface area contributed by atoms with Crippen LogP contribution in [0.25, 0.3) is 0 Å². The summed E-state index contributed by atoms with van der Waals surface area (Å²) >= 11 is 0. The maximum atomic E-state index is 12.0. The fourth-order valence-electron chi connectivity index (χ4n) is 1.86. The molecule has 0 bridgehead atoms. The molecule has 0 fully saturated rings. The zero-order chi connectivity index (χ0) is 14.8. The van der Waals surface area contributed by atoms with Crippen molar-refractivity contribution in [2.45, 2.75) is 18.4 Å². The lowest BCUT2D eigenvalue weighted by atomic mass is 10.3. The molecule has 1 aromatic carbocycles. The quantitative estimate of drug-likeness (QED) is 0.870. The third kappa shape index (κ3) is 2.77. The number of aryl methyl sites for hydroxylation is 1. The van der Waals surface area contributed by atoms with Gasteiger partial charge in [0.05, 0.1) is 22.5 Å². The molecule has 7 heteroatoms. The fourth-order valence-corrected chi connectivity index (χ4v) is 2.93. The zero-order valence-electron chi connectivity index (χ0n) is 11.5. The van der Waals surface area contributed by atoms with Gasteiger partial charge in [0.15, 0.2) is 9.84 Å². The van der Waals surface area contributed by atoms with E-state index < -0.39 is 9.84 Å². The van der Waals surface area contributed by atoms with Gasteiger partial charge in [-0.05, 0) is 12.1 Å². The van der Waals surface area contributed by atoms with Crippen LogP contribution in [0.3, 0.4) is 0 Å². The molecule has 0 atom stereocenters. The van der Waals surface area contributed by atoms with E-state index in [1.807, 2.05) is 0 Å². The molecule has 0 spiro atoms. The minimum Gasteiger partial charge on any atom is -0.384 e. The standard InChI is InChI=1S/C13H18N4O2S/c1-3-20(18,19)12-7-5-4-6-11(12)15-8-10-9-16-17(2)13(10)14/h4-7,9,15H,3,8,14H2,1-2H3. The topological polar surface area (TPSA) is 90.0 Å². The largest absolute Gasteiger partial charge is 0.384 e. The van der Waals surface area contributed by atoms with Gasteiger partial charge in [-0.3, -0.25) is 4.68 Å². The first-order chi connectivity index (χ1) is 9.45. The number of sulfone groups is 1. The highest BCUT2D eigenvalue weighted by atomic mass is 32.2. The molecule has 0 aliphatic heterocycles. The van der Waals surface area contributed by atoms with Gasteiger partial charge >= 0.3 is 0 Å².